The van der Waals surface area contributed by atoms with Gasteiger partial charge in [0.05, 0.1) is 6.10 Å². The molecule has 0 aromatic carbocycles. The number of nitrogens with one attached hydrogen (secondary N) is 2. The molecule has 2 amide bonds. The largest absolute Gasteiger partial charge is 0.480 e. The zero-order valence-electron chi connectivity index (χ0n) is 11.7. The van der Waals surface area contributed by atoms with Crippen LogP contribution < -0.4 is 10.6 Å². The number of carboxylic acids is 1. The second kappa shape index (κ2) is 6.41. The Hall–Kier alpha value is -1.34. The lowest BCUT2D eigenvalue weighted by atomic mass is 9.90. The third-order valence-corrected chi connectivity index (χ3v) is 4.17. The zero-order chi connectivity index (χ0) is 14.6. The summed E-state index contributed by atoms with van der Waals surface area (Å²) in [6.07, 6.45) is 1.63. The number of urea groups is 1. The fourth-order valence-electron chi connectivity index (χ4n) is 2.64. The molecule has 0 radical (unpaired) electrons. The van der Waals surface area contributed by atoms with Gasteiger partial charge in [0.15, 0.2) is 0 Å². The van der Waals surface area contributed by atoms with Gasteiger partial charge >= 0.3 is 12.0 Å². The molecule has 3 N–H and O–H groups in total. The molecule has 2 rings (SSSR count). The van der Waals surface area contributed by atoms with Gasteiger partial charge in [0, 0.05) is 45.1 Å². The van der Waals surface area contributed by atoms with E-state index in [0.29, 0.717) is 39.2 Å². The number of carboxylic acid groups (broad SMARTS) is 1. The lowest BCUT2D eigenvalue weighted by molar-refractivity contribution is -0.148. The highest BCUT2D eigenvalue weighted by atomic mass is 16.5. The molecule has 0 spiro atoms. The molecule has 2 aliphatic heterocycles. The molecule has 0 saturated carbocycles. The van der Waals surface area contributed by atoms with Crippen LogP contribution in [0.1, 0.15) is 26.2 Å². The fraction of sp³-hybridized carbons (Fsp3) is 0.846. The number of carbonyl (C=O) groups excluding carboxylic acids is 1. The molecule has 114 valence electrons. The van der Waals surface area contributed by atoms with E-state index in [9.17, 15) is 14.7 Å². The number of amides is 2. The number of rotatable bonds is 4. The molecule has 2 fully saturated rings. The lowest BCUT2D eigenvalue weighted by Gasteiger charge is -2.34. The first-order chi connectivity index (χ1) is 9.53. The average Bonchev–Trinajstić information content (AvgIpc) is 2.83. The Morgan fingerprint density at radius 1 is 1.30 bits per heavy atom. The minimum atomic E-state index is -1.21. The number of carbonyl (C=O) groups is 2. The van der Waals surface area contributed by atoms with E-state index < -0.39 is 17.5 Å². The summed E-state index contributed by atoms with van der Waals surface area (Å²) in [6.45, 7) is 3.89. The fourth-order valence-corrected chi connectivity index (χ4v) is 2.64. The molecule has 0 aromatic rings. The minimum Gasteiger partial charge on any atom is -0.480 e. The highest BCUT2D eigenvalue weighted by Crippen LogP contribution is 2.21. The van der Waals surface area contributed by atoms with Gasteiger partial charge in [0.25, 0.3) is 0 Å². The number of hydrogen-bond acceptors (Lipinski definition) is 4. The Kier molecular flexibility index (Phi) is 4.82. The maximum atomic E-state index is 11.9. The van der Waals surface area contributed by atoms with Crippen molar-refractivity contribution >= 4 is 12.0 Å². The third-order valence-electron chi connectivity index (χ3n) is 4.17. The van der Waals surface area contributed by atoms with Gasteiger partial charge in [0.1, 0.15) is 5.54 Å². The Morgan fingerprint density at radius 2 is 2.00 bits per heavy atom. The van der Waals surface area contributed by atoms with Crippen LogP contribution in [0, 0.1) is 5.92 Å². The van der Waals surface area contributed by atoms with Gasteiger partial charge < -0.3 is 25.2 Å². The van der Waals surface area contributed by atoms with E-state index in [2.05, 4.69) is 10.6 Å². The summed E-state index contributed by atoms with van der Waals surface area (Å²) >= 11 is 0. The van der Waals surface area contributed by atoms with Crippen molar-refractivity contribution in [2.75, 3.05) is 26.4 Å². The summed E-state index contributed by atoms with van der Waals surface area (Å²) < 4.78 is 10.6. The number of hydrogen-bond donors (Lipinski definition) is 3. The van der Waals surface area contributed by atoms with Gasteiger partial charge in [-0.15, -0.1) is 0 Å². The molecule has 2 atom stereocenters. The van der Waals surface area contributed by atoms with Crippen molar-refractivity contribution in [1.29, 1.82) is 0 Å². The molecule has 2 heterocycles. The molecular formula is C13H22N2O5. The summed E-state index contributed by atoms with van der Waals surface area (Å²) in [6, 6.07) is -0.437. The molecule has 2 aliphatic rings. The first-order valence-electron chi connectivity index (χ1n) is 7.02. The highest BCUT2D eigenvalue weighted by Gasteiger charge is 2.41. The van der Waals surface area contributed by atoms with Gasteiger partial charge in [-0.3, -0.25) is 0 Å². The van der Waals surface area contributed by atoms with Crippen LogP contribution in [0.5, 0.6) is 0 Å². The van der Waals surface area contributed by atoms with Crippen molar-refractivity contribution in [2.45, 2.75) is 37.8 Å². The van der Waals surface area contributed by atoms with E-state index in [-0.39, 0.29) is 12.0 Å². The van der Waals surface area contributed by atoms with Gasteiger partial charge in [-0.25, -0.2) is 9.59 Å². The SMILES string of the molecule is CC1OCCC1CNC(=O)NC1(C(=O)O)CCOCC1. The van der Waals surface area contributed by atoms with E-state index in [4.69, 9.17) is 9.47 Å². The van der Waals surface area contributed by atoms with Crippen LogP contribution in [-0.4, -0.2) is 55.1 Å². The molecule has 0 aliphatic carbocycles. The van der Waals surface area contributed by atoms with Gasteiger partial charge in [0.2, 0.25) is 0 Å². The van der Waals surface area contributed by atoms with Crippen LogP contribution in [0.25, 0.3) is 0 Å². The first-order valence-corrected chi connectivity index (χ1v) is 7.02. The van der Waals surface area contributed by atoms with Crippen molar-refractivity contribution in [3.05, 3.63) is 0 Å². The van der Waals surface area contributed by atoms with Crippen LogP contribution in [0.15, 0.2) is 0 Å². The van der Waals surface area contributed by atoms with Crippen LogP contribution in [0.2, 0.25) is 0 Å². The standard InChI is InChI=1S/C13H22N2O5/c1-9-10(2-5-20-9)8-14-12(18)15-13(11(16)17)3-6-19-7-4-13/h9-10H,2-8H2,1H3,(H,16,17)(H2,14,15,18). The van der Waals surface area contributed by atoms with E-state index in [1.54, 1.807) is 0 Å². The van der Waals surface area contributed by atoms with Crippen molar-refractivity contribution in [3.8, 4) is 0 Å². The summed E-state index contributed by atoms with van der Waals surface area (Å²) in [4.78, 5) is 23.3. The Labute approximate surface area is 118 Å². The second-order valence-corrected chi connectivity index (χ2v) is 5.46. The maximum Gasteiger partial charge on any atom is 0.329 e. The Balaban J connectivity index is 1.84. The third kappa shape index (κ3) is 3.40. The van der Waals surface area contributed by atoms with Gasteiger partial charge in [-0.05, 0) is 13.3 Å². The van der Waals surface area contributed by atoms with E-state index >= 15 is 0 Å². The quantitative estimate of drug-likeness (QED) is 0.692. The molecule has 20 heavy (non-hydrogen) atoms. The second-order valence-electron chi connectivity index (χ2n) is 5.46. The van der Waals surface area contributed by atoms with Crippen molar-refractivity contribution in [1.82, 2.24) is 10.6 Å². The van der Waals surface area contributed by atoms with E-state index in [0.717, 1.165) is 6.42 Å². The van der Waals surface area contributed by atoms with Crippen LogP contribution in [0.4, 0.5) is 4.79 Å². The molecule has 7 heteroatoms. The topological polar surface area (TPSA) is 96.9 Å². The summed E-state index contributed by atoms with van der Waals surface area (Å²) in [7, 11) is 0. The molecule has 0 bridgehead atoms. The number of ether oxygens (including phenoxy) is 2. The summed E-state index contributed by atoms with van der Waals surface area (Å²) in [5.74, 6) is -0.718. The number of aliphatic carboxylic acids is 1. The summed E-state index contributed by atoms with van der Waals surface area (Å²) in [5.41, 5.74) is -1.21. The molecular weight excluding hydrogens is 264 g/mol. The van der Waals surface area contributed by atoms with E-state index in [1.165, 1.54) is 0 Å². The summed E-state index contributed by atoms with van der Waals surface area (Å²) in [5, 5.41) is 14.7. The van der Waals surface area contributed by atoms with Crippen molar-refractivity contribution in [2.24, 2.45) is 5.92 Å². The zero-order valence-corrected chi connectivity index (χ0v) is 11.7. The minimum absolute atomic E-state index is 0.131. The molecule has 2 unspecified atom stereocenters. The van der Waals surface area contributed by atoms with Gasteiger partial charge in [-0.2, -0.15) is 0 Å². The predicted molar refractivity (Wildman–Crippen MR) is 70.5 cm³/mol. The van der Waals surface area contributed by atoms with Crippen LogP contribution >= 0.6 is 0 Å². The predicted octanol–water partition coefficient (Wildman–Crippen LogP) is 0.344. The highest BCUT2D eigenvalue weighted by molar-refractivity contribution is 5.86. The van der Waals surface area contributed by atoms with E-state index in [1.807, 2.05) is 6.92 Å². The van der Waals surface area contributed by atoms with Crippen molar-refractivity contribution in [3.63, 3.8) is 0 Å². The van der Waals surface area contributed by atoms with Crippen LogP contribution in [0.3, 0.4) is 0 Å². The molecule has 7 nitrogen and oxygen atoms in total. The monoisotopic (exact) mass is 286 g/mol. The van der Waals surface area contributed by atoms with Gasteiger partial charge in [-0.1, -0.05) is 0 Å². The van der Waals surface area contributed by atoms with Crippen molar-refractivity contribution < 1.29 is 24.2 Å². The Morgan fingerprint density at radius 3 is 2.55 bits per heavy atom. The smallest absolute Gasteiger partial charge is 0.329 e. The molecule has 2 saturated heterocycles. The van der Waals surface area contributed by atoms with Crippen LogP contribution in [-0.2, 0) is 14.3 Å². The maximum absolute atomic E-state index is 11.9. The normalized spacial score (nSPS) is 28.9. The Bertz CT molecular complexity index is 368. The molecule has 0 aromatic heterocycles. The average molecular weight is 286 g/mol. The first kappa shape index (κ1) is 15.1. The lowest BCUT2D eigenvalue weighted by Crippen LogP contribution is -2.60.